The summed E-state index contributed by atoms with van der Waals surface area (Å²) in [6.45, 7) is 0. The fourth-order valence-electron chi connectivity index (χ4n) is 2.49. The van der Waals surface area contributed by atoms with Crippen molar-refractivity contribution in [2.24, 2.45) is 0 Å². The lowest BCUT2D eigenvalue weighted by molar-refractivity contribution is -0.384. The van der Waals surface area contributed by atoms with Gasteiger partial charge in [0.2, 0.25) is 11.0 Å². The minimum absolute atomic E-state index is 0.00864. The number of para-hydroxylation sites is 1. The van der Waals surface area contributed by atoms with E-state index in [4.69, 9.17) is 0 Å². The van der Waals surface area contributed by atoms with Crippen molar-refractivity contribution < 1.29 is 9.72 Å². The predicted octanol–water partition coefficient (Wildman–Crippen LogP) is 5.04. The Morgan fingerprint density at radius 3 is 2.74 bits per heavy atom. The van der Waals surface area contributed by atoms with E-state index in [2.05, 4.69) is 25.8 Å². The van der Waals surface area contributed by atoms with E-state index < -0.39 is 4.92 Å². The molecule has 12 heteroatoms. The number of nitrogens with one attached hydrogen (secondary N) is 2. The van der Waals surface area contributed by atoms with Gasteiger partial charge in [-0.1, -0.05) is 53.4 Å². The number of rotatable bonds is 8. The number of carbonyl (C=O) groups excluding carboxylic acids is 1. The highest BCUT2D eigenvalue weighted by atomic mass is 32.2. The Labute approximate surface area is 188 Å². The maximum Gasteiger partial charge on any atom is 0.270 e. The molecule has 31 heavy (non-hydrogen) atoms. The Morgan fingerprint density at radius 1 is 1.10 bits per heavy atom. The van der Waals surface area contributed by atoms with Gasteiger partial charge in [-0.2, -0.15) is 0 Å². The van der Waals surface area contributed by atoms with Crippen molar-refractivity contribution in [3.63, 3.8) is 0 Å². The van der Waals surface area contributed by atoms with E-state index in [0.29, 0.717) is 25.9 Å². The fraction of sp³-hybridized carbons (Fsp3) is 0.0526. The number of non-ortho nitro benzene ring substituents is 1. The average Bonchev–Trinajstić information content (AvgIpc) is 3.43. The van der Waals surface area contributed by atoms with Crippen LogP contribution in [-0.4, -0.2) is 31.8 Å². The lowest BCUT2D eigenvalue weighted by atomic mass is 10.1. The highest BCUT2D eigenvalue weighted by molar-refractivity contribution is 8.01. The SMILES string of the molecule is O=C(CSc1nnc(Nc2ccccc2)s1)Nc1nc(-c2cccc([N+](=O)[O-])c2)cs1. The Bertz CT molecular complexity index is 1210. The number of nitro groups is 1. The molecular formula is C19H14N6O3S3. The topological polar surface area (TPSA) is 123 Å². The van der Waals surface area contributed by atoms with Crippen molar-refractivity contribution in [1.29, 1.82) is 0 Å². The number of carbonyl (C=O) groups is 1. The van der Waals surface area contributed by atoms with E-state index in [1.54, 1.807) is 17.5 Å². The van der Waals surface area contributed by atoms with Gasteiger partial charge in [0, 0.05) is 28.8 Å². The molecule has 0 aliphatic heterocycles. The Balaban J connectivity index is 1.31. The Kier molecular flexibility index (Phi) is 6.50. The molecule has 0 radical (unpaired) electrons. The van der Waals surface area contributed by atoms with Gasteiger partial charge < -0.3 is 10.6 Å². The van der Waals surface area contributed by atoms with Gasteiger partial charge in [-0.05, 0) is 12.1 Å². The molecule has 9 nitrogen and oxygen atoms in total. The first-order chi connectivity index (χ1) is 15.1. The van der Waals surface area contributed by atoms with Gasteiger partial charge in [-0.25, -0.2) is 4.98 Å². The quantitative estimate of drug-likeness (QED) is 0.208. The third-order valence-electron chi connectivity index (χ3n) is 3.86. The summed E-state index contributed by atoms with van der Waals surface area (Å²) in [5, 5.41) is 27.8. The van der Waals surface area contributed by atoms with E-state index >= 15 is 0 Å². The van der Waals surface area contributed by atoms with Gasteiger partial charge in [-0.15, -0.1) is 21.5 Å². The second kappa shape index (κ2) is 9.64. The lowest BCUT2D eigenvalue weighted by Gasteiger charge is -2.00. The monoisotopic (exact) mass is 470 g/mol. The molecule has 2 N–H and O–H groups in total. The molecule has 0 fully saturated rings. The van der Waals surface area contributed by atoms with Crippen LogP contribution >= 0.6 is 34.4 Å². The maximum atomic E-state index is 12.3. The number of nitro benzene ring substituents is 1. The van der Waals surface area contributed by atoms with Crippen LogP contribution in [0.2, 0.25) is 0 Å². The molecule has 156 valence electrons. The molecule has 2 aromatic heterocycles. The number of thiazole rings is 1. The number of hydrogen-bond donors (Lipinski definition) is 2. The van der Waals surface area contributed by atoms with Crippen molar-refractivity contribution in [3.05, 3.63) is 70.1 Å². The van der Waals surface area contributed by atoms with Crippen LogP contribution in [0.5, 0.6) is 0 Å². The molecule has 2 heterocycles. The van der Waals surface area contributed by atoms with Crippen molar-refractivity contribution in [2.45, 2.75) is 4.34 Å². The number of hydrogen-bond acceptors (Lipinski definition) is 10. The van der Waals surface area contributed by atoms with Gasteiger partial charge in [-0.3, -0.25) is 14.9 Å². The molecular weight excluding hydrogens is 456 g/mol. The normalized spacial score (nSPS) is 10.6. The molecule has 1 amide bonds. The van der Waals surface area contributed by atoms with E-state index in [-0.39, 0.29) is 17.3 Å². The van der Waals surface area contributed by atoms with Crippen molar-refractivity contribution >= 4 is 62.0 Å². The standard InChI is InChI=1S/C19H14N6O3S3/c26-16(11-30-19-24-23-18(31-19)20-13-6-2-1-3-7-13)22-17-21-15(10-29-17)12-5-4-8-14(9-12)25(27)28/h1-10H,11H2,(H,20,23)(H,21,22,26). The largest absolute Gasteiger partial charge is 0.330 e. The first-order valence-corrected chi connectivity index (χ1v) is 11.5. The zero-order chi connectivity index (χ0) is 21.6. The van der Waals surface area contributed by atoms with E-state index in [9.17, 15) is 14.9 Å². The summed E-state index contributed by atoms with van der Waals surface area (Å²) in [5.74, 6) is -0.0659. The third kappa shape index (κ3) is 5.63. The van der Waals surface area contributed by atoms with Crippen LogP contribution in [0.1, 0.15) is 0 Å². The van der Waals surface area contributed by atoms with Gasteiger partial charge in [0.15, 0.2) is 9.47 Å². The highest BCUT2D eigenvalue weighted by Crippen LogP contribution is 2.29. The lowest BCUT2D eigenvalue weighted by Crippen LogP contribution is -2.13. The molecule has 0 saturated heterocycles. The molecule has 0 aliphatic carbocycles. The molecule has 0 spiro atoms. The van der Waals surface area contributed by atoms with Gasteiger partial charge in [0.1, 0.15) is 0 Å². The van der Waals surface area contributed by atoms with Crippen LogP contribution in [0.15, 0.2) is 64.3 Å². The Morgan fingerprint density at radius 2 is 1.94 bits per heavy atom. The summed E-state index contributed by atoms with van der Waals surface area (Å²) in [6.07, 6.45) is 0. The molecule has 0 atom stereocenters. The van der Waals surface area contributed by atoms with E-state index in [1.165, 1.54) is 46.6 Å². The molecule has 4 aromatic rings. The van der Waals surface area contributed by atoms with Crippen molar-refractivity contribution in [1.82, 2.24) is 15.2 Å². The van der Waals surface area contributed by atoms with Crippen molar-refractivity contribution in [2.75, 3.05) is 16.4 Å². The van der Waals surface area contributed by atoms with Crippen LogP contribution in [0.3, 0.4) is 0 Å². The number of anilines is 3. The first-order valence-electron chi connectivity index (χ1n) is 8.85. The smallest absolute Gasteiger partial charge is 0.270 e. The summed E-state index contributed by atoms with van der Waals surface area (Å²) in [5.41, 5.74) is 2.09. The van der Waals surface area contributed by atoms with Crippen LogP contribution in [0.4, 0.5) is 21.6 Å². The summed E-state index contributed by atoms with van der Waals surface area (Å²) in [4.78, 5) is 27.1. The molecule has 2 aromatic carbocycles. The van der Waals surface area contributed by atoms with Crippen LogP contribution in [0.25, 0.3) is 11.3 Å². The number of aromatic nitrogens is 3. The Hall–Kier alpha value is -3.35. The van der Waals surface area contributed by atoms with Gasteiger partial charge >= 0.3 is 0 Å². The zero-order valence-electron chi connectivity index (χ0n) is 15.7. The van der Waals surface area contributed by atoms with E-state index in [1.807, 2.05) is 30.3 Å². The second-order valence-corrected chi connectivity index (χ2v) is 9.10. The second-order valence-electron chi connectivity index (χ2n) is 6.05. The van der Waals surface area contributed by atoms with Crippen LogP contribution in [0, 0.1) is 10.1 Å². The third-order valence-corrected chi connectivity index (χ3v) is 6.59. The summed E-state index contributed by atoms with van der Waals surface area (Å²) < 4.78 is 0.671. The summed E-state index contributed by atoms with van der Waals surface area (Å²) in [7, 11) is 0. The first kappa shape index (κ1) is 20.9. The highest BCUT2D eigenvalue weighted by Gasteiger charge is 2.13. The average molecular weight is 471 g/mol. The number of thioether (sulfide) groups is 1. The van der Waals surface area contributed by atoms with Crippen molar-refractivity contribution in [3.8, 4) is 11.3 Å². The fourth-order valence-corrected chi connectivity index (χ4v) is 4.80. The molecule has 0 unspecified atom stereocenters. The predicted molar refractivity (Wildman–Crippen MR) is 123 cm³/mol. The number of benzene rings is 2. The molecule has 0 aliphatic rings. The van der Waals surface area contributed by atoms with Crippen LogP contribution in [-0.2, 0) is 4.79 Å². The minimum atomic E-state index is -0.454. The van der Waals surface area contributed by atoms with Crippen LogP contribution < -0.4 is 10.6 Å². The van der Waals surface area contributed by atoms with Gasteiger partial charge in [0.25, 0.3) is 5.69 Å². The number of amides is 1. The minimum Gasteiger partial charge on any atom is -0.330 e. The van der Waals surface area contributed by atoms with Gasteiger partial charge in [0.05, 0.1) is 16.4 Å². The molecule has 0 saturated carbocycles. The van der Waals surface area contributed by atoms with E-state index in [0.717, 1.165) is 5.69 Å². The summed E-state index contributed by atoms with van der Waals surface area (Å²) >= 11 is 3.90. The number of nitrogens with zero attached hydrogens (tertiary/aromatic N) is 4. The zero-order valence-corrected chi connectivity index (χ0v) is 18.2. The molecule has 0 bridgehead atoms. The molecule has 4 rings (SSSR count). The summed E-state index contributed by atoms with van der Waals surface area (Å²) in [6, 6.07) is 15.8. The maximum absolute atomic E-state index is 12.3.